The van der Waals surface area contributed by atoms with Gasteiger partial charge in [-0.2, -0.15) is 0 Å². The maximum atomic E-state index is 13.9. The van der Waals surface area contributed by atoms with E-state index in [0.717, 1.165) is 9.48 Å². The van der Waals surface area contributed by atoms with Gasteiger partial charge in [0, 0.05) is 27.2 Å². The van der Waals surface area contributed by atoms with Crippen LogP contribution in [0.25, 0.3) is 0 Å². The average molecular weight is 343 g/mol. The Labute approximate surface area is 125 Å². The Bertz CT molecular complexity index is 570. The molecule has 2 atom stereocenters. The Morgan fingerprint density at radius 1 is 1.32 bits per heavy atom. The number of aromatic nitrogens is 1. The van der Waals surface area contributed by atoms with Crippen molar-refractivity contribution in [3.63, 3.8) is 0 Å². The van der Waals surface area contributed by atoms with Crippen LogP contribution in [0.5, 0.6) is 0 Å². The first kappa shape index (κ1) is 14.6. The molecule has 1 N–H and O–H groups in total. The Kier molecular flexibility index (Phi) is 4.71. The van der Waals surface area contributed by atoms with Gasteiger partial charge in [-0.3, -0.25) is 0 Å². The van der Waals surface area contributed by atoms with Crippen LogP contribution in [0.15, 0.2) is 28.9 Å². The first-order valence-corrected chi connectivity index (χ1v) is 7.71. The van der Waals surface area contributed by atoms with Crippen molar-refractivity contribution >= 4 is 27.3 Å². The highest BCUT2D eigenvalue weighted by Gasteiger charge is 2.16. The number of thiazole rings is 1. The molecule has 2 aromatic rings. The number of aryl methyl sites for hydroxylation is 1. The van der Waals surface area contributed by atoms with E-state index < -0.39 is 0 Å². The topological polar surface area (TPSA) is 24.9 Å². The van der Waals surface area contributed by atoms with Crippen molar-refractivity contribution in [2.45, 2.75) is 32.9 Å². The predicted octanol–water partition coefficient (Wildman–Crippen LogP) is 4.76. The number of benzene rings is 1. The molecular weight excluding hydrogens is 327 g/mol. The molecule has 1 heterocycles. The van der Waals surface area contributed by atoms with Crippen molar-refractivity contribution in [3.05, 3.63) is 50.1 Å². The minimum absolute atomic E-state index is 0.0627. The van der Waals surface area contributed by atoms with Crippen molar-refractivity contribution < 1.29 is 4.39 Å². The summed E-state index contributed by atoms with van der Waals surface area (Å²) in [4.78, 5) is 5.54. The zero-order valence-corrected chi connectivity index (χ0v) is 13.5. The lowest BCUT2D eigenvalue weighted by Crippen LogP contribution is -2.23. The van der Waals surface area contributed by atoms with Gasteiger partial charge >= 0.3 is 0 Å². The summed E-state index contributed by atoms with van der Waals surface area (Å²) in [6.07, 6.45) is 1.86. The molecule has 0 aliphatic carbocycles. The molecule has 1 aromatic heterocycles. The molecule has 2 rings (SSSR count). The lowest BCUT2D eigenvalue weighted by molar-refractivity contribution is 0.472. The molecule has 0 radical (unpaired) electrons. The molecule has 0 saturated heterocycles. The molecule has 0 aliphatic rings. The fourth-order valence-electron chi connectivity index (χ4n) is 1.96. The van der Waals surface area contributed by atoms with E-state index in [-0.39, 0.29) is 17.9 Å². The molecule has 0 saturated carbocycles. The molecule has 0 spiro atoms. The zero-order valence-electron chi connectivity index (χ0n) is 11.1. The van der Waals surface area contributed by atoms with E-state index in [2.05, 4.69) is 26.2 Å². The van der Waals surface area contributed by atoms with Crippen LogP contribution in [-0.4, -0.2) is 4.98 Å². The number of nitrogens with one attached hydrogen (secondary N) is 1. The fraction of sp³-hybridized carbons (Fsp3) is 0.357. The first-order valence-electron chi connectivity index (χ1n) is 6.10. The van der Waals surface area contributed by atoms with Crippen molar-refractivity contribution in [2.24, 2.45) is 0 Å². The van der Waals surface area contributed by atoms with Crippen molar-refractivity contribution in [1.82, 2.24) is 10.3 Å². The maximum absolute atomic E-state index is 13.9. The van der Waals surface area contributed by atoms with E-state index in [9.17, 15) is 4.39 Å². The van der Waals surface area contributed by atoms with E-state index in [0.29, 0.717) is 5.56 Å². The van der Waals surface area contributed by atoms with Gasteiger partial charge in [0.2, 0.25) is 0 Å². The van der Waals surface area contributed by atoms with Crippen LogP contribution in [0.1, 0.15) is 41.4 Å². The number of hydrogen-bond acceptors (Lipinski definition) is 3. The monoisotopic (exact) mass is 342 g/mol. The quantitative estimate of drug-likeness (QED) is 0.865. The molecule has 0 bridgehead atoms. The van der Waals surface area contributed by atoms with Gasteiger partial charge in [0.05, 0.1) is 6.04 Å². The van der Waals surface area contributed by atoms with Crippen LogP contribution in [0, 0.1) is 12.7 Å². The van der Waals surface area contributed by atoms with Crippen molar-refractivity contribution in [3.8, 4) is 0 Å². The van der Waals surface area contributed by atoms with Crippen molar-refractivity contribution in [1.29, 1.82) is 0 Å². The lowest BCUT2D eigenvalue weighted by atomic mass is 10.1. The van der Waals surface area contributed by atoms with Gasteiger partial charge in [-0.25, -0.2) is 9.37 Å². The van der Waals surface area contributed by atoms with Crippen molar-refractivity contribution in [2.75, 3.05) is 0 Å². The third-order valence-electron chi connectivity index (χ3n) is 2.94. The average Bonchev–Trinajstić information content (AvgIpc) is 2.75. The molecule has 0 amide bonds. The summed E-state index contributed by atoms with van der Waals surface area (Å²) in [5.41, 5.74) is 0.670. The van der Waals surface area contributed by atoms with Crippen LogP contribution in [-0.2, 0) is 0 Å². The van der Waals surface area contributed by atoms with E-state index in [1.807, 2.05) is 33.0 Å². The summed E-state index contributed by atoms with van der Waals surface area (Å²) in [5.74, 6) is -0.197. The molecule has 0 fully saturated rings. The second-order valence-electron chi connectivity index (χ2n) is 4.59. The minimum atomic E-state index is -0.197. The van der Waals surface area contributed by atoms with E-state index in [4.69, 9.17) is 0 Å². The Morgan fingerprint density at radius 3 is 2.63 bits per heavy atom. The highest BCUT2D eigenvalue weighted by atomic mass is 79.9. The highest BCUT2D eigenvalue weighted by molar-refractivity contribution is 9.10. The van der Waals surface area contributed by atoms with E-state index in [1.54, 1.807) is 17.4 Å². The second kappa shape index (κ2) is 6.11. The largest absolute Gasteiger partial charge is 0.301 e. The number of halogens is 2. The van der Waals surface area contributed by atoms with E-state index >= 15 is 0 Å². The Morgan fingerprint density at radius 2 is 2.05 bits per heavy atom. The summed E-state index contributed by atoms with van der Waals surface area (Å²) in [7, 11) is 0. The van der Waals surface area contributed by atoms with Gasteiger partial charge in [0.1, 0.15) is 10.8 Å². The molecule has 2 nitrogen and oxygen atoms in total. The van der Waals surface area contributed by atoms with Crippen LogP contribution in [0.4, 0.5) is 4.39 Å². The number of nitrogens with zero attached hydrogens (tertiary/aromatic N) is 1. The Balaban J connectivity index is 2.10. The standard InChI is InChI=1S/C14H16BrFN2S/c1-8-7-17-14(19-8)10(3)18-9(2)12-5-4-11(15)6-13(12)16/h4-7,9-10,18H,1-3H3. The van der Waals surface area contributed by atoms with E-state index in [1.165, 1.54) is 10.9 Å². The summed E-state index contributed by atoms with van der Waals surface area (Å²) in [6, 6.07) is 5.20. The normalized spacial score (nSPS) is 14.4. The summed E-state index contributed by atoms with van der Waals surface area (Å²) < 4.78 is 14.6. The third kappa shape index (κ3) is 3.61. The van der Waals surface area contributed by atoms with Gasteiger partial charge in [-0.1, -0.05) is 22.0 Å². The second-order valence-corrected chi connectivity index (χ2v) is 6.77. The minimum Gasteiger partial charge on any atom is -0.301 e. The molecule has 0 aliphatic heterocycles. The predicted molar refractivity (Wildman–Crippen MR) is 80.9 cm³/mol. The summed E-state index contributed by atoms with van der Waals surface area (Å²) in [5, 5.41) is 4.41. The highest BCUT2D eigenvalue weighted by Crippen LogP contribution is 2.25. The molecule has 19 heavy (non-hydrogen) atoms. The lowest BCUT2D eigenvalue weighted by Gasteiger charge is -2.19. The molecule has 1 aromatic carbocycles. The van der Waals surface area contributed by atoms with Gasteiger partial charge in [-0.05, 0) is 32.9 Å². The SMILES string of the molecule is Cc1cnc(C(C)NC(C)c2ccc(Br)cc2F)s1. The van der Waals surface area contributed by atoms with Gasteiger partial charge in [-0.15, -0.1) is 11.3 Å². The summed E-state index contributed by atoms with van der Waals surface area (Å²) >= 11 is 4.93. The van der Waals surface area contributed by atoms with Crippen LogP contribution >= 0.6 is 27.3 Å². The molecule has 2 unspecified atom stereocenters. The maximum Gasteiger partial charge on any atom is 0.129 e. The van der Waals surface area contributed by atoms with Gasteiger partial charge in [0.15, 0.2) is 0 Å². The van der Waals surface area contributed by atoms with Crippen LogP contribution in [0.2, 0.25) is 0 Å². The summed E-state index contributed by atoms with van der Waals surface area (Å²) in [6.45, 7) is 6.04. The first-order chi connectivity index (χ1) is 8.97. The smallest absolute Gasteiger partial charge is 0.129 e. The van der Waals surface area contributed by atoms with Crippen LogP contribution in [0.3, 0.4) is 0 Å². The van der Waals surface area contributed by atoms with Crippen LogP contribution < -0.4 is 5.32 Å². The third-order valence-corrected chi connectivity index (χ3v) is 4.53. The Hall–Kier alpha value is -0.780. The number of rotatable bonds is 4. The van der Waals surface area contributed by atoms with Gasteiger partial charge < -0.3 is 5.32 Å². The molecule has 102 valence electrons. The molecular formula is C14H16BrFN2S. The van der Waals surface area contributed by atoms with Gasteiger partial charge in [0.25, 0.3) is 0 Å². The number of hydrogen-bond donors (Lipinski definition) is 1. The molecule has 5 heteroatoms. The zero-order chi connectivity index (χ0) is 14.0. The fourth-order valence-corrected chi connectivity index (χ4v) is 3.08.